The van der Waals surface area contributed by atoms with Gasteiger partial charge in [-0.3, -0.25) is 4.79 Å². The smallest absolute Gasteiger partial charge is 0.255 e. The molecule has 0 aliphatic carbocycles. The van der Waals surface area contributed by atoms with Crippen LogP contribution in [0.5, 0.6) is 5.75 Å². The van der Waals surface area contributed by atoms with Crippen molar-refractivity contribution in [1.29, 1.82) is 0 Å². The molecule has 0 atom stereocenters. The van der Waals surface area contributed by atoms with Crippen LogP contribution in [0.1, 0.15) is 15.9 Å². The second-order valence-electron chi connectivity index (χ2n) is 4.41. The average Bonchev–Trinajstić information content (AvgIpc) is 2.37. The number of rotatable bonds is 3. The molecule has 0 saturated heterocycles. The van der Waals surface area contributed by atoms with Gasteiger partial charge in [0.1, 0.15) is 5.75 Å². The molecule has 0 spiro atoms. The van der Waals surface area contributed by atoms with Gasteiger partial charge in [0.2, 0.25) is 0 Å². The van der Waals surface area contributed by atoms with Crippen molar-refractivity contribution in [2.24, 2.45) is 0 Å². The Hall–Kier alpha value is -2.20. The maximum absolute atomic E-state index is 12.1. The van der Waals surface area contributed by atoms with Crippen molar-refractivity contribution in [3.63, 3.8) is 0 Å². The number of carbonyl (C=O) groups is 1. The summed E-state index contributed by atoms with van der Waals surface area (Å²) in [5.74, 6) is 0.513. The lowest BCUT2D eigenvalue weighted by atomic mass is 10.1. The third-order valence-corrected chi connectivity index (χ3v) is 3.05. The predicted octanol–water partition coefficient (Wildman–Crippen LogP) is 3.49. The number of ether oxygens (including phenoxy) is 1. The topological polar surface area (TPSA) is 64.3 Å². The van der Waals surface area contributed by atoms with E-state index in [4.69, 9.17) is 22.1 Å². The second-order valence-corrected chi connectivity index (χ2v) is 4.85. The molecule has 2 aromatic carbocycles. The van der Waals surface area contributed by atoms with Crippen LogP contribution in [0, 0.1) is 6.92 Å². The summed E-state index contributed by atoms with van der Waals surface area (Å²) in [5.41, 5.74) is 8.17. The highest BCUT2D eigenvalue weighted by molar-refractivity contribution is 6.31. The molecule has 0 heterocycles. The van der Waals surface area contributed by atoms with Gasteiger partial charge in [0.15, 0.2) is 0 Å². The number of nitrogens with one attached hydrogen (secondary N) is 1. The molecule has 0 bridgehead atoms. The van der Waals surface area contributed by atoms with Gasteiger partial charge in [0.25, 0.3) is 5.91 Å². The lowest BCUT2D eigenvalue weighted by Gasteiger charge is -2.09. The number of amides is 1. The van der Waals surface area contributed by atoms with Crippen LogP contribution in [0.2, 0.25) is 5.02 Å². The summed E-state index contributed by atoms with van der Waals surface area (Å²) < 4.78 is 5.17. The van der Waals surface area contributed by atoms with E-state index in [2.05, 4.69) is 5.32 Å². The Morgan fingerprint density at radius 1 is 1.25 bits per heavy atom. The van der Waals surface area contributed by atoms with Crippen molar-refractivity contribution in [2.75, 3.05) is 18.2 Å². The summed E-state index contributed by atoms with van der Waals surface area (Å²) in [5, 5.41) is 3.23. The fraction of sp³-hybridized carbons (Fsp3) is 0.133. The lowest BCUT2D eigenvalue weighted by Crippen LogP contribution is -2.12. The van der Waals surface area contributed by atoms with Crippen LogP contribution < -0.4 is 15.8 Å². The van der Waals surface area contributed by atoms with Crippen LogP contribution in [0.15, 0.2) is 36.4 Å². The number of anilines is 2. The number of nitrogens with two attached hydrogens (primary N) is 1. The van der Waals surface area contributed by atoms with E-state index in [0.29, 0.717) is 22.0 Å². The molecule has 20 heavy (non-hydrogen) atoms. The van der Waals surface area contributed by atoms with Gasteiger partial charge in [-0.2, -0.15) is 0 Å². The van der Waals surface area contributed by atoms with Crippen molar-refractivity contribution < 1.29 is 9.53 Å². The summed E-state index contributed by atoms with van der Waals surface area (Å²) in [7, 11) is 1.61. The predicted molar refractivity (Wildman–Crippen MR) is 81.5 cm³/mol. The van der Waals surface area contributed by atoms with Gasteiger partial charge in [-0.25, -0.2) is 0 Å². The molecule has 0 fully saturated rings. The molecule has 104 valence electrons. The van der Waals surface area contributed by atoms with Gasteiger partial charge in [-0.15, -0.1) is 0 Å². The van der Waals surface area contributed by atoms with Crippen molar-refractivity contribution in [1.82, 2.24) is 0 Å². The Bertz CT molecular complexity index is 636. The maximum atomic E-state index is 12.1. The number of nitrogen functional groups attached to an aromatic ring is 1. The quantitative estimate of drug-likeness (QED) is 0.851. The molecule has 5 heteroatoms. The molecule has 2 aromatic rings. The molecule has 3 N–H and O–H groups in total. The number of benzene rings is 2. The van der Waals surface area contributed by atoms with Crippen molar-refractivity contribution in [3.8, 4) is 5.75 Å². The van der Waals surface area contributed by atoms with E-state index in [0.717, 1.165) is 11.3 Å². The highest BCUT2D eigenvalue weighted by Gasteiger charge is 2.09. The third-order valence-electron chi connectivity index (χ3n) is 2.84. The first-order valence-corrected chi connectivity index (χ1v) is 6.39. The van der Waals surface area contributed by atoms with Crippen LogP contribution in [-0.4, -0.2) is 13.0 Å². The van der Waals surface area contributed by atoms with E-state index >= 15 is 0 Å². The van der Waals surface area contributed by atoms with Crippen molar-refractivity contribution >= 4 is 28.9 Å². The molecule has 0 aliphatic rings. The maximum Gasteiger partial charge on any atom is 0.255 e. The van der Waals surface area contributed by atoms with Gasteiger partial charge < -0.3 is 15.8 Å². The average molecular weight is 291 g/mol. The highest BCUT2D eigenvalue weighted by atomic mass is 35.5. The van der Waals surface area contributed by atoms with E-state index in [1.54, 1.807) is 37.4 Å². The third kappa shape index (κ3) is 3.22. The normalized spacial score (nSPS) is 10.2. The number of hydrogen-bond donors (Lipinski definition) is 2. The van der Waals surface area contributed by atoms with Gasteiger partial charge in [-0.05, 0) is 48.9 Å². The molecular formula is C15H15ClN2O2. The lowest BCUT2D eigenvalue weighted by molar-refractivity contribution is 0.102. The first kappa shape index (κ1) is 14.2. The summed E-state index contributed by atoms with van der Waals surface area (Å²) in [6.45, 7) is 1.91. The van der Waals surface area contributed by atoms with E-state index in [1.165, 1.54) is 0 Å². The first-order valence-electron chi connectivity index (χ1n) is 6.01. The SMILES string of the molecule is COc1ccc(NC(=O)c2cc(N)cc(Cl)c2)cc1C. The zero-order valence-corrected chi connectivity index (χ0v) is 12.0. The van der Waals surface area contributed by atoms with Crippen LogP contribution in [0.25, 0.3) is 0 Å². The molecule has 0 unspecified atom stereocenters. The minimum atomic E-state index is -0.260. The van der Waals surface area contributed by atoms with Gasteiger partial charge in [0.05, 0.1) is 7.11 Å². The minimum absolute atomic E-state index is 0.260. The number of carbonyl (C=O) groups excluding carboxylic acids is 1. The molecule has 1 amide bonds. The molecule has 0 radical (unpaired) electrons. The minimum Gasteiger partial charge on any atom is -0.496 e. The summed E-state index contributed by atoms with van der Waals surface area (Å²) in [6.07, 6.45) is 0. The Balaban J connectivity index is 2.21. The van der Waals surface area contributed by atoms with Crippen LogP contribution >= 0.6 is 11.6 Å². The Labute approximate surface area is 122 Å². The molecule has 2 rings (SSSR count). The number of halogens is 1. The van der Waals surface area contributed by atoms with Gasteiger partial charge >= 0.3 is 0 Å². The largest absolute Gasteiger partial charge is 0.496 e. The van der Waals surface area contributed by atoms with Gasteiger partial charge in [-0.1, -0.05) is 11.6 Å². The van der Waals surface area contributed by atoms with Crippen LogP contribution in [-0.2, 0) is 0 Å². The molecule has 0 aromatic heterocycles. The van der Waals surface area contributed by atoms with Crippen LogP contribution in [0.3, 0.4) is 0 Å². The Morgan fingerprint density at radius 2 is 2.00 bits per heavy atom. The van der Waals surface area contributed by atoms with Gasteiger partial charge in [0, 0.05) is 22.0 Å². The van der Waals surface area contributed by atoms with Crippen LogP contribution in [0.4, 0.5) is 11.4 Å². The van der Waals surface area contributed by atoms with E-state index in [9.17, 15) is 4.79 Å². The van der Waals surface area contributed by atoms with Crippen molar-refractivity contribution in [3.05, 3.63) is 52.5 Å². The molecule has 4 nitrogen and oxygen atoms in total. The van der Waals surface area contributed by atoms with E-state index < -0.39 is 0 Å². The first-order chi connectivity index (χ1) is 9.49. The van der Waals surface area contributed by atoms with E-state index in [-0.39, 0.29) is 5.91 Å². The second kappa shape index (κ2) is 5.84. The summed E-state index contributed by atoms with van der Waals surface area (Å²) in [4.78, 5) is 12.1. The number of hydrogen-bond acceptors (Lipinski definition) is 3. The molecule has 0 saturated carbocycles. The van der Waals surface area contributed by atoms with E-state index in [1.807, 2.05) is 13.0 Å². The van der Waals surface area contributed by atoms with Crippen molar-refractivity contribution in [2.45, 2.75) is 6.92 Å². The molecular weight excluding hydrogens is 276 g/mol. The standard InChI is InChI=1S/C15H15ClN2O2/c1-9-5-13(3-4-14(9)20-2)18-15(19)10-6-11(16)8-12(17)7-10/h3-8H,17H2,1-2H3,(H,18,19). The zero-order chi connectivity index (χ0) is 14.7. The fourth-order valence-corrected chi connectivity index (χ4v) is 2.15. The summed E-state index contributed by atoms with van der Waals surface area (Å²) in [6, 6.07) is 10.2. The summed E-state index contributed by atoms with van der Waals surface area (Å²) >= 11 is 5.89. The molecule has 0 aliphatic heterocycles. The highest BCUT2D eigenvalue weighted by Crippen LogP contribution is 2.22. The fourth-order valence-electron chi connectivity index (χ4n) is 1.90. The number of aryl methyl sites for hydroxylation is 1. The number of methoxy groups -OCH3 is 1. The Kier molecular flexibility index (Phi) is 4.15. The Morgan fingerprint density at radius 3 is 2.60 bits per heavy atom. The monoisotopic (exact) mass is 290 g/mol. The zero-order valence-electron chi connectivity index (χ0n) is 11.2.